The number of benzene rings is 1. The highest BCUT2D eigenvalue weighted by Gasteiger charge is 2.25. The van der Waals surface area contributed by atoms with Gasteiger partial charge in [0.2, 0.25) is 0 Å². The number of aryl methyl sites for hydroxylation is 1. The second-order valence-corrected chi connectivity index (χ2v) is 5.85. The van der Waals surface area contributed by atoms with Crippen molar-refractivity contribution in [2.75, 3.05) is 18.8 Å². The average molecular weight is 327 g/mol. The van der Waals surface area contributed by atoms with Crippen molar-refractivity contribution in [1.29, 1.82) is 0 Å². The van der Waals surface area contributed by atoms with Gasteiger partial charge < -0.3 is 15.4 Å². The van der Waals surface area contributed by atoms with Crippen molar-refractivity contribution in [3.8, 4) is 5.75 Å². The van der Waals surface area contributed by atoms with Gasteiger partial charge in [0.05, 0.1) is 5.69 Å². The van der Waals surface area contributed by atoms with Crippen LogP contribution in [0.1, 0.15) is 25.3 Å². The number of halogens is 1. The Kier molecular flexibility index (Phi) is 4.34. The molecule has 104 valence electrons. The third-order valence-electron chi connectivity index (χ3n) is 3.33. The topological polar surface area (TPSA) is 55.6 Å². The fraction of sp³-hybridized carbons (Fsp3) is 0.500. The maximum atomic E-state index is 12.2. The van der Waals surface area contributed by atoms with Gasteiger partial charge in [-0.05, 0) is 44.4 Å². The summed E-state index contributed by atoms with van der Waals surface area (Å²) >= 11 is 3.39. The molecule has 0 aromatic heterocycles. The summed E-state index contributed by atoms with van der Waals surface area (Å²) in [5, 5.41) is 0. The fourth-order valence-electron chi connectivity index (χ4n) is 2.34. The highest BCUT2D eigenvalue weighted by Crippen LogP contribution is 2.31. The van der Waals surface area contributed by atoms with Crippen molar-refractivity contribution < 1.29 is 9.53 Å². The first-order chi connectivity index (χ1) is 8.99. The molecule has 1 aromatic rings. The van der Waals surface area contributed by atoms with Gasteiger partial charge in [0.25, 0.3) is 5.91 Å². The number of carbonyl (C=O) groups excluding carboxylic acids is 1. The van der Waals surface area contributed by atoms with Gasteiger partial charge in [0.15, 0.2) is 6.10 Å². The molecule has 1 aliphatic heterocycles. The number of hydrogen-bond donors (Lipinski definition) is 1. The molecule has 2 N–H and O–H groups in total. The molecule has 1 aromatic carbocycles. The van der Waals surface area contributed by atoms with Crippen LogP contribution < -0.4 is 10.5 Å². The van der Waals surface area contributed by atoms with Crippen LogP contribution in [0, 0.1) is 6.92 Å². The number of nitrogens with zero attached hydrogens (tertiary/aromatic N) is 1. The number of rotatable bonds is 3. The Morgan fingerprint density at radius 3 is 2.63 bits per heavy atom. The molecule has 1 saturated heterocycles. The zero-order valence-corrected chi connectivity index (χ0v) is 12.9. The molecule has 0 spiro atoms. The van der Waals surface area contributed by atoms with Gasteiger partial charge in [-0.1, -0.05) is 15.9 Å². The molecule has 0 saturated carbocycles. The maximum absolute atomic E-state index is 12.2. The summed E-state index contributed by atoms with van der Waals surface area (Å²) in [5.74, 6) is 0.641. The first-order valence-corrected chi connectivity index (χ1v) is 7.29. The van der Waals surface area contributed by atoms with E-state index in [0.29, 0.717) is 11.4 Å². The van der Waals surface area contributed by atoms with Crippen molar-refractivity contribution in [1.82, 2.24) is 4.90 Å². The second-order valence-electron chi connectivity index (χ2n) is 4.93. The van der Waals surface area contributed by atoms with Gasteiger partial charge >= 0.3 is 0 Å². The summed E-state index contributed by atoms with van der Waals surface area (Å²) in [6.45, 7) is 5.37. The second kappa shape index (κ2) is 5.82. The molecule has 0 bridgehead atoms. The zero-order chi connectivity index (χ0) is 14.0. The van der Waals surface area contributed by atoms with Crippen LogP contribution in [0.3, 0.4) is 0 Å². The van der Waals surface area contributed by atoms with E-state index in [4.69, 9.17) is 10.5 Å². The third-order valence-corrected chi connectivity index (χ3v) is 3.79. The van der Waals surface area contributed by atoms with Crippen LogP contribution in [0.2, 0.25) is 0 Å². The van der Waals surface area contributed by atoms with Crippen LogP contribution in [0.5, 0.6) is 5.75 Å². The normalized spacial score (nSPS) is 16.5. The minimum Gasteiger partial charge on any atom is -0.478 e. The Morgan fingerprint density at radius 2 is 2.05 bits per heavy atom. The van der Waals surface area contributed by atoms with Gasteiger partial charge in [-0.15, -0.1) is 0 Å². The Balaban J connectivity index is 2.10. The minimum atomic E-state index is -0.500. The molecular weight excluding hydrogens is 308 g/mol. The van der Waals surface area contributed by atoms with E-state index in [9.17, 15) is 4.79 Å². The van der Waals surface area contributed by atoms with Crippen LogP contribution >= 0.6 is 15.9 Å². The van der Waals surface area contributed by atoms with Crippen molar-refractivity contribution in [3.05, 3.63) is 22.2 Å². The molecule has 4 nitrogen and oxygen atoms in total. The van der Waals surface area contributed by atoms with Gasteiger partial charge in [0, 0.05) is 17.6 Å². The van der Waals surface area contributed by atoms with E-state index in [2.05, 4.69) is 15.9 Å². The number of carbonyl (C=O) groups is 1. The molecule has 1 amide bonds. The van der Waals surface area contributed by atoms with Crippen LogP contribution in [0.4, 0.5) is 5.69 Å². The number of anilines is 1. The van der Waals surface area contributed by atoms with Crippen molar-refractivity contribution in [2.24, 2.45) is 0 Å². The smallest absolute Gasteiger partial charge is 0.263 e. The van der Waals surface area contributed by atoms with E-state index in [0.717, 1.165) is 36.0 Å². The van der Waals surface area contributed by atoms with E-state index in [1.54, 1.807) is 13.0 Å². The predicted molar refractivity (Wildman–Crippen MR) is 79.2 cm³/mol. The van der Waals surface area contributed by atoms with Gasteiger partial charge in [-0.3, -0.25) is 4.79 Å². The number of likely N-dealkylation sites (tertiary alicyclic amines) is 1. The van der Waals surface area contributed by atoms with E-state index in [1.807, 2.05) is 17.9 Å². The molecule has 0 aliphatic carbocycles. The molecule has 2 rings (SSSR count). The van der Waals surface area contributed by atoms with Crippen LogP contribution in [-0.4, -0.2) is 30.0 Å². The molecule has 1 unspecified atom stereocenters. The van der Waals surface area contributed by atoms with E-state index in [-0.39, 0.29) is 5.91 Å². The minimum absolute atomic E-state index is 0.0409. The van der Waals surface area contributed by atoms with Gasteiger partial charge in [-0.2, -0.15) is 0 Å². The van der Waals surface area contributed by atoms with Gasteiger partial charge in [0.1, 0.15) is 5.75 Å². The number of ether oxygens (including phenoxy) is 1. The first-order valence-electron chi connectivity index (χ1n) is 6.50. The Morgan fingerprint density at radius 1 is 1.42 bits per heavy atom. The molecule has 1 aliphatic rings. The number of nitrogens with two attached hydrogens (primary N) is 1. The lowest BCUT2D eigenvalue weighted by molar-refractivity contribution is -0.136. The lowest BCUT2D eigenvalue weighted by Gasteiger charge is -2.22. The van der Waals surface area contributed by atoms with Crippen molar-refractivity contribution in [3.63, 3.8) is 0 Å². The molecule has 1 fully saturated rings. The molecule has 1 atom stereocenters. The van der Waals surface area contributed by atoms with E-state index < -0.39 is 6.10 Å². The standard InChI is InChI=1S/C14H19BrN2O2/c1-9-7-11(15)8-12(16)13(9)19-10(2)14(18)17-5-3-4-6-17/h7-8,10H,3-6,16H2,1-2H3. The highest BCUT2D eigenvalue weighted by molar-refractivity contribution is 9.10. The quantitative estimate of drug-likeness (QED) is 0.869. The Labute approximate surface area is 122 Å². The number of amides is 1. The molecule has 19 heavy (non-hydrogen) atoms. The average Bonchev–Trinajstić information content (AvgIpc) is 2.86. The Bertz CT molecular complexity index is 461. The van der Waals surface area contributed by atoms with Crippen LogP contribution in [0.15, 0.2) is 16.6 Å². The maximum Gasteiger partial charge on any atom is 0.263 e. The van der Waals surface area contributed by atoms with Gasteiger partial charge in [-0.25, -0.2) is 0 Å². The molecule has 0 radical (unpaired) electrons. The summed E-state index contributed by atoms with van der Waals surface area (Å²) in [6.07, 6.45) is 1.66. The Hall–Kier alpha value is -1.23. The predicted octanol–water partition coefficient (Wildman–Crippen LogP) is 2.73. The molecule has 5 heteroatoms. The van der Waals surface area contributed by atoms with Crippen LogP contribution in [-0.2, 0) is 4.79 Å². The summed E-state index contributed by atoms with van der Waals surface area (Å²) < 4.78 is 6.68. The molecular formula is C14H19BrN2O2. The summed E-state index contributed by atoms with van der Waals surface area (Å²) in [7, 11) is 0. The van der Waals surface area contributed by atoms with E-state index in [1.165, 1.54) is 0 Å². The summed E-state index contributed by atoms with van der Waals surface area (Å²) in [4.78, 5) is 14.0. The lowest BCUT2D eigenvalue weighted by Crippen LogP contribution is -2.38. The number of nitrogen functional groups attached to an aromatic ring is 1. The highest BCUT2D eigenvalue weighted by atomic mass is 79.9. The summed E-state index contributed by atoms with van der Waals surface area (Å²) in [5.41, 5.74) is 7.42. The molecule has 1 heterocycles. The third kappa shape index (κ3) is 3.21. The van der Waals surface area contributed by atoms with Crippen molar-refractivity contribution >= 4 is 27.5 Å². The lowest BCUT2D eigenvalue weighted by atomic mass is 10.2. The fourth-order valence-corrected chi connectivity index (χ4v) is 2.93. The summed E-state index contributed by atoms with van der Waals surface area (Å²) in [6, 6.07) is 3.72. The zero-order valence-electron chi connectivity index (χ0n) is 11.3. The number of hydrogen-bond acceptors (Lipinski definition) is 3. The monoisotopic (exact) mass is 326 g/mol. The van der Waals surface area contributed by atoms with Crippen molar-refractivity contribution in [2.45, 2.75) is 32.8 Å². The van der Waals surface area contributed by atoms with Crippen LogP contribution in [0.25, 0.3) is 0 Å². The largest absolute Gasteiger partial charge is 0.478 e. The SMILES string of the molecule is Cc1cc(Br)cc(N)c1OC(C)C(=O)N1CCCC1. The first kappa shape index (κ1) is 14.2. The van der Waals surface area contributed by atoms with E-state index >= 15 is 0 Å².